The highest BCUT2D eigenvalue weighted by molar-refractivity contribution is 7.07. The number of aromatic nitrogens is 3. The van der Waals surface area contributed by atoms with Gasteiger partial charge in [0.15, 0.2) is 5.82 Å². The first-order valence-electron chi connectivity index (χ1n) is 7.91. The van der Waals surface area contributed by atoms with Crippen molar-refractivity contribution in [1.82, 2.24) is 15.0 Å². The largest absolute Gasteiger partial charge is 0.338 e. The lowest BCUT2D eigenvalue weighted by molar-refractivity contribution is 0.102. The number of halogens is 2. The molecule has 2 heterocycles. The summed E-state index contributed by atoms with van der Waals surface area (Å²) >= 11 is 7.19. The van der Waals surface area contributed by atoms with Gasteiger partial charge in [0.1, 0.15) is 11.5 Å². The van der Waals surface area contributed by atoms with E-state index in [1.54, 1.807) is 41.4 Å². The fourth-order valence-electron chi connectivity index (χ4n) is 2.54. The topological polar surface area (TPSA) is 70.7 Å². The van der Waals surface area contributed by atoms with Gasteiger partial charge in [-0.15, -0.1) is 11.3 Å². The number of benzene rings is 2. The highest BCUT2D eigenvalue weighted by Gasteiger charge is 2.13. The molecule has 2 aromatic carbocycles. The Morgan fingerprint density at radius 3 is 2.70 bits per heavy atom. The van der Waals surface area contributed by atoms with Gasteiger partial charge in [0.25, 0.3) is 5.91 Å². The van der Waals surface area contributed by atoms with Gasteiger partial charge in [0, 0.05) is 11.1 Å². The number of nitrogens with zero attached hydrogens (tertiary/aromatic N) is 2. The molecule has 0 fully saturated rings. The van der Waals surface area contributed by atoms with Crippen LogP contribution >= 0.6 is 22.9 Å². The van der Waals surface area contributed by atoms with Crippen molar-refractivity contribution in [2.24, 2.45) is 0 Å². The molecule has 4 rings (SSSR count). The number of rotatable bonds is 4. The maximum atomic E-state index is 14.2. The smallest absolute Gasteiger partial charge is 0.275 e. The Balaban J connectivity index is 1.54. The summed E-state index contributed by atoms with van der Waals surface area (Å²) in [7, 11) is 0. The van der Waals surface area contributed by atoms with E-state index in [4.69, 9.17) is 11.6 Å². The van der Waals surface area contributed by atoms with Crippen LogP contribution in [-0.4, -0.2) is 20.9 Å². The average molecular weight is 399 g/mol. The van der Waals surface area contributed by atoms with Crippen molar-refractivity contribution < 1.29 is 9.18 Å². The minimum absolute atomic E-state index is 0.0469. The Labute approximate surface area is 162 Å². The number of anilines is 1. The van der Waals surface area contributed by atoms with E-state index in [1.165, 1.54) is 17.4 Å². The molecule has 0 bridgehead atoms. The molecule has 2 aromatic heterocycles. The van der Waals surface area contributed by atoms with Crippen LogP contribution in [0.5, 0.6) is 0 Å². The lowest BCUT2D eigenvalue weighted by Gasteiger charge is -2.04. The zero-order valence-electron chi connectivity index (χ0n) is 13.7. The summed E-state index contributed by atoms with van der Waals surface area (Å²) in [5.74, 6) is -0.379. The monoisotopic (exact) mass is 398 g/mol. The van der Waals surface area contributed by atoms with E-state index >= 15 is 0 Å². The number of carbonyl (C=O) groups excluding carboxylic acids is 1. The van der Waals surface area contributed by atoms with Crippen LogP contribution in [0.25, 0.3) is 22.6 Å². The standard InChI is InChI=1S/C19H12ClFN4OS/c20-14-3-1-2-13(17(14)21)18-22-8-15(25-18)11-4-6-12(7-5-11)24-19(26)16-9-27-10-23-16/h1-10H,(H,22,25)(H,24,26). The Morgan fingerprint density at radius 2 is 1.96 bits per heavy atom. The van der Waals surface area contributed by atoms with Crippen LogP contribution < -0.4 is 5.32 Å². The van der Waals surface area contributed by atoms with Crippen molar-refractivity contribution in [2.75, 3.05) is 5.32 Å². The summed E-state index contributed by atoms with van der Waals surface area (Å²) in [5.41, 5.74) is 4.52. The molecule has 1 amide bonds. The predicted octanol–water partition coefficient (Wildman–Crippen LogP) is 5.25. The van der Waals surface area contributed by atoms with E-state index in [1.807, 2.05) is 12.1 Å². The average Bonchev–Trinajstić information content (AvgIpc) is 3.36. The zero-order valence-corrected chi connectivity index (χ0v) is 15.3. The predicted molar refractivity (Wildman–Crippen MR) is 104 cm³/mol. The number of imidazole rings is 1. The van der Waals surface area contributed by atoms with Crippen molar-refractivity contribution >= 4 is 34.5 Å². The molecule has 2 N–H and O–H groups in total. The third kappa shape index (κ3) is 3.60. The van der Waals surface area contributed by atoms with Gasteiger partial charge in [-0.25, -0.2) is 14.4 Å². The van der Waals surface area contributed by atoms with Crippen LogP contribution in [0.4, 0.5) is 10.1 Å². The number of nitrogens with one attached hydrogen (secondary N) is 2. The number of aromatic amines is 1. The molecule has 134 valence electrons. The minimum Gasteiger partial charge on any atom is -0.338 e. The summed E-state index contributed by atoms with van der Waals surface area (Å²) in [6.45, 7) is 0. The second-order valence-corrected chi connectivity index (χ2v) is 6.78. The molecule has 27 heavy (non-hydrogen) atoms. The maximum absolute atomic E-state index is 14.2. The van der Waals surface area contributed by atoms with Gasteiger partial charge in [-0.2, -0.15) is 0 Å². The summed E-state index contributed by atoms with van der Waals surface area (Å²) in [4.78, 5) is 23.3. The van der Waals surface area contributed by atoms with Crippen LogP contribution in [0.1, 0.15) is 10.5 Å². The van der Waals surface area contributed by atoms with Gasteiger partial charge < -0.3 is 10.3 Å². The Kier molecular flexibility index (Phi) is 4.70. The molecule has 0 aliphatic heterocycles. The number of amides is 1. The molecule has 0 aliphatic rings. The minimum atomic E-state index is -0.514. The molecule has 5 nitrogen and oxygen atoms in total. The molecule has 4 aromatic rings. The van der Waals surface area contributed by atoms with E-state index in [-0.39, 0.29) is 10.9 Å². The van der Waals surface area contributed by atoms with Crippen LogP contribution in [0.15, 0.2) is 59.6 Å². The normalized spacial score (nSPS) is 10.7. The first kappa shape index (κ1) is 17.4. The van der Waals surface area contributed by atoms with Crippen molar-refractivity contribution in [1.29, 1.82) is 0 Å². The van der Waals surface area contributed by atoms with E-state index in [0.29, 0.717) is 22.8 Å². The lowest BCUT2D eigenvalue weighted by atomic mass is 10.1. The summed E-state index contributed by atoms with van der Waals surface area (Å²) in [6.07, 6.45) is 1.62. The van der Waals surface area contributed by atoms with Gasteiger partial charge in [0.2, 0.25) is 0 Å². The van der Waals surface area contributed by atoms with E-state index in [2.05, 4.69) is 20.3 Å². The molecule has 8 heteroatoms. The molecule has 0 atom stereocenters. The van der Waals surface area contributed by atoms with Gasteiger partial charge in [-0.3, -0.25) is 4.79 Å². The van der Waals surface area contributed by atoms with Crippen LogP contribution in [0, 0.1) is 5.82 Å². The SMILES string of the molecule is O=C(Nc1ccc(-c2cnc(-c3cccc(Cl)c3F)[nH]2)cc1)c1cscn1. The molecule has 0 saturated carbocycles. The summed E-state index contributed by atoms with van der Waals surface area (Å²) in [5, 5.41) is 4.52. The summed E-state index contributed by atoms with van der Waals surface area (Å²) in [6, 6.07) is 12.0. The second-order valence-electron chi connectivity index (χ2n) is 5.65. The molecule has 0 unspecified atom stereocenters. The molecular weight excluding hydrogens is 387 g/mol. The maximum Gasteiger partial charge on any atom is 0.275 e. The quantitative estimate of drug-likeness (QED) is 0.493. The van der Waals surface area contributed by atoms with Crippen molar-refractivity contribution in [3.63, 3.8) is 0 Å². The van der Waals surface area contributed by atoms with E-state index in [0.717, 1.165) is 11.3 Å². The Hall–Kier alpha value is -3.03. The molecule has 0 radical (unpaired) electrons. The highest BCUT2D eigenvalue weighted by atomic mass is 35.5. The van der Waals surface area contributed by atoms with Gasteiger partial charge >= 0.3 is 0 Å². The first-order chi connectivity index (χ1) is 13.1. The molecular formula is C19H12ClFN4OS. The zero-order chi connectivity index (χ0) is 18.8. The molecule has 0 aliphatic carbocycles. The van der Waals surface area contributed by atoms with Gasteiger partial charge in [0.05, 0.1) is 28.0 Å². The van der Waals surface area contributed by atoms with E-state index < -0.39 is 5.82 Å². The first-order valence-corrected chi connectivity index (χ1v) is 9.23. The van der Waals surface area contributed by atoms with Crippen LogP contribution in [-0.2, 0) is 0 Å². The van der Waals surface area contributed by atoms with E-state index in [9.17, 15) is 9.18 Å². The van der Waals surface area contributed by atoms with Gasteiger partial charge in [-0.1, -0.05) is 29.8 Å². The lowest BCUT2D eigenvalue weighted by Crippen LogP contribution is -2.11. The van der Waals surface area contributed by atoms with Crippen LogP contribution in [0.2, 0.25) is 5.02 Å². The number of hydrogen-bond acceptors (Lipinski definition) is 4. The van der Waals surface area contributed by atoms with Crippen molar-refractivity contribution in [2.45, 2.75) is 0 Å². The number of thiazole rings is 1. The second kappa shape index (κ2) is 7.30. The Morgan fingerprint density at radius 1 is 1.15 bits per heavy atom. The fourth-order valence-corrected chi connectivity index (χ4v) is 3.25. The third-order valence-electron chi connectivity index (χ3n) is 3.90. The summed E-state index contributed by atoms with van der Waals surface area (Å²) < 4.78 is 14.2. The molecule has 0 spiro atoms. The fraction of sp³-hybridized carbons (Fsp3) is 0. The third-order valence-corrected chi connectivity index (χ3v) is 4.78. The highest BCUT2D eigenvalue weighted by Crippen LogP contribution is 2.28. The van der Waals surface area contributed by atoms with Crippen molar-refractivity contribution in [3.8, 4) is 22.6 Å². The van der Waals surface area contributed by atoms with Crippen molar-refractivity contribution in [3.05, 3.63) is 76.1 Å². The number of carbonyl (C=O) groups is 1. The van der Waals surface area contributed by atoms with Crippen LogP contribution in [0.3, 0.4) is 0 Å². The molecule has 0 saturated heterocycles. The van der Waals surface area contributed by atoms with Gasteiger partial charge in [-0.05, 0) is 29.8 Å². The number of hydrogen-bond donors (Lipinski definition) is 2. The number of H-pyrrole nitrogens is 1. The Bertz CT molecular complexity index is 1090.